The summed E-state index contributed by atoms with van der Waals surface area (Å²) < 4.78 is 1.19. The zero-order valence-corrected chi connectivity index (χ0v) is 9.04. The van der Waals surface area contributed by atoms with Crippen molar-refractivity contribution in [2.75, 3.05) is 0 Å². The van der Waals surface area contributed by atoms with Gasteiger partial charge >= 0.3 is 5.97 Å². The van der Waals surface area contributed by atoms with Crippen LogP contribution in [0.4, 0.5) is 0 Å². The lowest BCUT2D eigenvalue weighted by atomic mass is 10.1. The van der Waals surface area contributed by atoms with Gasteiger partial charge < -0.3 is 5.11 Å². The van der Waals surface area contributed by atoms with Crippen LogP contribution in [0.2, 0.25) is 0 Å². The molecule has 2 aromatic rings. The average Bonchev–Trinajstić information content (AvgIpc) is 2.59. The van der Waals surface area contributed by atoms with Gasteiger partial charge in [0.05, 0.1) is 0 Å². The van der Waals surface area contributed by atoms with Crippen molar-refractivity contribution in [3.63, 3.8) is 0 Å². The zero-order valence-electron chi connectivity index (χ0n) is 8.23. The van der Waals surface area contributed by atoms with Crippen LogP contribution in [0, 0.1) is 0 Å². The first-order chi connectivity index (χ1) is 7.18. The molecule has 0 saturated heterocycles. The highest BCUT2D eigenvalue weighted by Crippen LogP contribution is 2.30. The summed E-state index contributed by atoms with van der Waals surface area (Å²) in [5, 5.41) is 11.8. The van der Waals surface area contributed by atoms with Crippen LogP contribution in [0.25, 0.3) is 15.7 Å². The van der Waals surface area contributed by atoms with Gasteiger partial charge in [0.2, 0.25) is 0 Å². The number of rotatable bonds is 2. The number of aliphatic carboxylic acids is 1. The first kappa shape index (κ1) is 9.93. The summed E-state index contributed by atoms with van der Waals surface area (Å²) in [6, 6.07) is 8.00. The lowest BCUT2D eigenvalue weighted by Gasteiger charge is -1.97. The third-order valence-electron chi connectivity index (χ3n) is 2.25. The van der Waals surface area contributed by atoms with E-state index in [-0.39, 0.29) is 0 Å². The summed E-state index contributed by atoms with van der Waals surface area (Å²) in [6.45, 7) is 1.82. The molecule has 0 radical (unpaired) electrons. The van der Waals surface area contributed by atoms with E-state index in [2.05, 4.69) is 0 Å². The van der Waals surface area contributed by atoms with Gasteiger partial charge in [-0.15, -0.1) is 11.3 Å². The summed E-state index contributed by atoms with van der Waals surface area (Å²) in [6.07, 6.45) is 1.24. The molecule has 15 heavy (non-hydrogen) atoms. The molecular formula is C12H10O2S. The van der Waals surface area contributed by atoms with Crippen molar-refractivity contribution in [3.05, 3.63) is 41.3 Å². The van der Waals surface area contributed by atoms with Crippen LogP contribution in [-0.4, -0.2) is 11.1 Å². The minimum absolute atomic E-state index is 0.792. The normalized spacial score (nSPS) is 11.9. The van der Waals surface area contributed by atoms with E-state index in [0.29, 0.717) is 0 Å². The number of carbonyl (C=O) groups is 1. The number of benzene rings is 1. The number of allylic oxidation sites excluding steroid dienone is 1. The molecule has 0 aliphatic heterocycles. The zero-order chi connectivity index (χ0) is 10.8. The van der Waals surface area contributed by atoms with Gasteiger partial charge in [-0.05, 0) is 34.9 Å². The first-order valence-corrected chi connectivity index (χ1v) is 5.44. The van der Waals surface area contributed by atoms with Gasteiger partial charge in [0.15, 0.2) is 0 Å². The quantitative estimate of drug-likeness (QED) is 0.784. The van der Waals surface area contributed by atoms with Gasteiger partial charge in [-0.3, -0.25) is 0 Å². The van der Waals surface area contributed by atoms with E-state index in [4.69, 9.17) is 5.11 Å². The van der Waals surface area contributed by atoms with Crippen molar-refractivity contribution in [1.29, 1.82) is 0 Å². The van der Waals surface area contributed by atoms with Crippen LogP contribution >= 0.6 is 11.3 Å². The van der Waals surface area contributed by atoms with E-state index < -0.39 is 5.97 Å². The van der Waals surface area contributed by atoms with Crippen molar-refractivity contribution in [2.24, 2.45) is 0 Å². The number of carboxylic acid groups (broad SMARTS) is 1. The Balaban J connectivity index is 2.57. The van der Waals surface area contributed by atoms with Crippen LogP contribution in [0.3, 0.4) is 0 Å². The Morgan fingerprint density at radius 3 is 2.87 bits per heavy atom. The third-order valence-corrected chi connectivity index (χ3v) is 3.21. The van der Waals surface area contributed by atoms with E-state index in [1.54, 1.807) is 11.3 Å². The van der Waals surface area contributed by atoms with Gasteiger partial charge in [0.1, 0.15) is 0 Å². The number of thiophene rings is 1. The van der Waals surface area contributed by atoms with Crippen molar-refractivity contribution < 1.29 is 9.90 Å². The molecule has 0 amide bonds. The Bertz CT molecular complexity index is 537. The molecular weight excluding hydrogens is 208 g/mol. The molecule has 0 saturated carbocycles. The highest BCUT2D eigenvalue weighted by atomic mass is 32.1. The fourth-order valence-electron chi connectivity index (χ4n) is 1.55. The summed E-state index contributed by atoms with van der Waals surface area (Å²) >= 11 is 1.64. The Kier molecular flexibility index (Phi) is 2.56. The average molecular weight is 218 g/mol. The molecule has 1 aromatic carbocycles. The number of fused-ring (bicyclic) bond motifs is 1. The largest absolute Gasteiger partial charge is 0.478 e. The monoisotopic (exact) mass is 218 g/mol. The standard InChI is InChI=1S/C12H10O2S/c1-8(6-12(13)14)10-7-15-11-5-3-2-4-9(10)11/h2-7H,1H3,(H,13,14). The maximum absolute atomic E-state index is 10.6. The minimum atomic E-state index is -0.900. The lowest BCUT2D eigenvalue weighted by molar-refractivity contribution is -0.131. The van der Waals surface area contributed by atoms with E-state index in [0.717, 1.165) is 16.5 Å². The Morgan fingerprint density at radius 1 is 1.40 bits per heavy atom. The first-order valence-electron chi connectivity index (χ1n) is 4.56. The fourth-order valence-corrected chi connectivity index (χ4v) is 2.57. The van der Waals surface area contributed by atoms with Crippen LogP contribution < -0.4 is 0 Å². The molecule has 1 heterocycles. The number of hydrogen-bond acceptors (Lipinski definition) is 2. The fraction of sp³-hybridized carbons (Fsp3) is 0.0833. The molecule has 2 rings (SSSR count). The Labute approximate surface area is 91.5 Å². The lowest BCUT2D eigenvalue weighted by Crippen LogP contribution is -1.89. The topological polar surface area (TPSA) is 37.3 Å². The predicted molar refractivity (Wildman–Crippen MR) is 63.1 cm³/mol. The second-order valence-corrected chi connectivity index (χ2v) is 4.22. The molecule has 3 heteroatoms. The molecule has 0 unspecified atom stereocenters. The summed E-state index contributed by atoms with van der Waals surface area (Å²) in [4.78, 5) is 10.6. The summed E-state index contributed by atoms with van der Waals surface area (Å²) in [5.41, 5.74) is 1.80. The van der Waals surface area contributed by atoms with E-state index >= 15 is 0 Å². The third kappa shape index (κ3) is 1.92. The minimum Gasteiger partial charge on any atom is -0.478 e. The smallest absolute Gasteiger partial charge is 0.328 e. The summed E-state index contributed by atoms with van der Waals surface area (Å²) in [7, 11) is 0. The molecule has 0 aliphatic rings. The van der Waals surface area contributed by atoms with Crippen LogP contribution in [0.1, 0.15) is 12.5 Å². The van der Waals surface area contributed by atoms with E-state index in [1.807, 2.05) is 36.6 Å². The Hall–Kier alpha value is -1.61. The van der Waals surface area contributed by atoms with Crippen molar-refractivity contribution in [1.82, 2.24) is 0 Å². The molecule has 0 fully saturated rings. The number of hydrogen-bond donors (Lipinski definition) is 1. The van der Waals surface area contributed by atoms with Gasteiger partial charge in [-0.2, -0.15) is 0 Å². The molecule has 0 bridgehead atoms. The van der Waals surface area contributed by atoms with Crippen molar-refractivity contribution in [2.45, 2.75) is 6.92 Å². The second-order valence-electron chi connectivity index (χ2n) is 3.31. The molecule has 76 valence electrons. The van der Waals surface area contributed by atoms with Gasteiger partial charge in [-0.1, -0.05) is 18.2 Å². The predicted octanol–water partition coefficient (Wildman–Crippen LogP) is 3.39. The highest BCUT2D eigenvalue weighted by molar-refractivity contribution is 7.17. The second kappa shape index (κ2) is 3.87. The van der Waals surface area contributed by atoms with Crippen molar-refractivity contribution in [3.8, 4) is 0 Å². The van der Waals surface area contributed by atoms with Gasteiger partial charge in [-0.25, -0.2) is 4.79 Å². The molecule has 0 aliphatic carbocycles. The highest BCUT2D eigenvalue weighted by Gasteiger charge is 2.05. The SMILES string of the molecule is CC(=CC(=O)O)c1csc2ccccc12. The molecule has 1 aromatic heterocycles. The number of carboxylic acids is 1. The molecule has 2 nitrogen and oxygen atoms in total. The molecule has 0 atom stereocenters. The van der Waals surface area contributed by atoms with E-state index in [9.17, 15) is 4.79 Å². The van der Waals surface area contributed by atoms with Gasteiger partial charge in [0, 0.05) is 10.8 Å². The van der Waals surface area contributed by atoms with Gasteiger partial charge in [0.25, 0.3) is 0 Å². The van der Waals surface area contributed by atoms with Crippen molar-refractivity contribution >= 4 is 33.0 Å². The maximum Gasteiger partial charge on any atom is 0.328 e. The Morgan fingerprint density at radius 2 is 2.13 bits per heavy atom. The molecule has 1 N–H and O–H groups in total. The van der Waals surface area contributed by atoms with E-state index in [1.165, 1.54) is 10.8 Å². The van der Waals surface area contributed by atoms with Crippen LogP contribution in [0.15, 0.2) is 35.7 Å². The maximum atomic E-state index is 10.6. The van der Waals surface area contributed by atoms with Crippen LogP contribution in [-0.2, 0) is 4.79 Å². The van der Waals surface area contributed by atoms with Crippen LogP contribution in [0.5, 0.6) is 0 Å². The molecule has 0 spiro atoms. The summed E-state index contributed by atoms with van der Waals surface area (Å²) in [5.74, 6) is -0.900.